The lowest BCUT2D eigenvalue weighted by molar-refractivity contribution is -0.385. The molecule has 0 radical (unpaired) electrons. The predicted octanol–water partition coefficient (Wildman–Crippen LogP) is 4.21. The third-order valence-electron chi connectivity index (χ3n) is 3.96. The predicted molar refractivity (Wildman–Crippen MR) is 80.9 cm³/mol. The lowest BCUT2D eigenvalue weighted by Gasteiger charge is -2.36. The highest BCUT2D eigenvalue weighted by Crippen LogP contribution is 2.38. The minimum Gasteiger partial charge on any atom is -0.381 e. The van der Waals surface area contributed by atoms with Crippen molar-refractivity contribution < 1.29 is 9.31 Å². The van der Waals surface area contributed by atoms with Gasteiger partial charge in [0.1, 0.15) is 0 Å². The van der Waals surface area contributed by atoms with Crippen LogP contribution in [-0.4, -0.2) is 22.5 Å². The summed E-state index contributed by atoms with van der Waals surface area (Å²) in [7, 11) is 0. The fraction of sp³-hybridized carbons (Fsp3) is 0.571. The maximum atomic E-state index is 13.8. The summed E-state index contributed by atoms with van der Waals surface area (Å²) in [5, 5.41) is 13.7. The van der Waals surface area contributed by atoms with Gasteiger partial charge in [0.25, 0.3) is 5.69 Å². The van der Waals surface area contributed by atoms with Crippen molar-refractivity contribution in [1.29, 1.82) is 0 Å². The van der Waals surface area contributed by atoms with Crippen molar-refractivity contribution in [2.24, 2.45) is 0 Å². The van der Waals surface area contributed by atoms with Gasteiger partial charge in [-0.15, -0.1) is 0 Å². The molecule has 2 rings (SSSR count). The van der Waals surface area contributed by atoms with Crippen LogP contribution >= 0.6 is 11.8 Å². The second-order valence-electron chi connectivity index (χ2n) is 5.22. The van der Waals surface area contributed by atoms with E-state index in [1.165, 1.54) is 31.4 Å². The Hall–Kier alpha value is -1.30. The number of nitrogens with zero attached hydrogens (tertiary/aromatic N) is 1. The number of halogens is 1. The second kappa shape index (κ2) is 6.43. The summed E-state index contributed by atoms with van der Waals surface area (Å²) in [6.45, 7) is 0.697. The molecular formula is C14H19FN2O2S. The van der Waals surface area contributed by atoms with E-state index in [0.717, 1.165) is 18.9 Å². The molecule has 0 unspecified atom stereocenters. The Bertz CT molecular complexity index is 490. The van der Waals surface area contributed by atoms with E-state index in [4.69, 9.17) is 0 Å². The van der Waals surface area contributed by atoms with Gasteiger partial charge in [-0.25, -0.2) is 4.39 Å². The van der Waals surface area contributed by atoms with Crippen LogP contribution in [0.3, 0.4) is 0 Å². The van der Waals surface area contributed by atoms with E-state index < -0.39 is 10.7 Å². The molecular weight excluding hydrogens is 279 g/mol. The Labute approximate surface area is 122 Å². The molecule has 0 atom stereocenters. The van der Waals surface area contributed by atoms with Gasteiger partial charge in [0.05, 0.1) is 16.7 Å². The molecule has 0 heterocycles. The largest absolute Gasteiger partial charge is 0.381 e. The summed E-state index contributed by atoms with van der Waals surface area (Å²) in [5.74, 6) is -0.564. The molecule has 0 spiro atoms. The Morgan fingerprint density at radius 2 is 2.10 bits per heavy atom. The van der Waals surface area contributed by atoms with Crippen LogP contribution in [0.25, 0.3) is 0 Å². The lowest BCUT2D eigenvalue weighted by Crippen LogP contribution is -2.35. The fourth-order valence-electron chi connectivity index (χ4n) is 2.67. The van der Waals surface area contributed by atoms with Crippen LogP contribution in [0.1, 0.15) is 32.1 Å². The molecule has 1 aliphatic carbocycles. The first-order valence-electron chi connectivity index (χ1n) is 6.79. The Balaban J connectivity index is 2.04. The molecule has 20 heavy (non-hydrogen) atoms. The van der Waals surface area contributed by atoms with Crippen molar-refractivity contribution >= 4 is 23.1 Å². The molecule has 1 aromatic carbocycles. The summed E-state index contributed by atoms with van der Waals surface area (Å²) in [4.78, 5) is 10.00. The zero-order valence-electron chi connectivity index (χ0n) is 11.5. The summed E-state index contributed by atoms with van der Waals surface area (Å²) >= 11 is 1.83. The van der Waals surface area contributed by atoms with Gasteiger partial charge in [-0.2, -0.15) is 11.8 Å². The smallest absolute Gasteiger partial charge is 0.272 e. The van der Waals surface area contributed by atoms with Gasteiger partial charge in [0.15, 0.2) is 5.82 Å². The summed E-state index contributed by atoms with van der Waals surface area (Å²) in [6, 6.07) is 3.75. The van der Waals surface area contributed by atoms with Crippen molar-refractivity contribution in [3.8, 4) is 0 Å². The highest BCUT2D eigenvalue weighted by Gasteiger charge is 2.31. The standard InChI is InChI=1S/C14H19FN2O2S/c1-20-14(7-3-2-4-8-14)10-16-13-6-5-11(17(18)19)9-12(13)15/h5-6,9,16H,2-4,7-8,10H2,1H3. The first kappa shape index (κ1) is 15.1. The average molecular weight is 298 g/mol. The molecule has 1 fully saturated rings. The molecule has 0 aliphatic heterocycles. The third-order valence-corrected chi connectivity index (χ3v) is 5.38. The minimum atomic E-state index is -0.586. The summed E-state index contributed by atoms with van der Waals surface area (Å²) < 4.78 is 14.0. The average Bonchev–Trinajstić information content (AvgIpc) is 2.47. The Morgan fingerprint density at radius 1 is 1.40 bits per heavy atom. The van der Waals surface area contributed by atoms with Gasteiger partial charge in [0, 0.05) is 17.4 Å². The van der Waals surface area contributed by atoms with Crippen LogP contribution in [0.5, 0.6) is 0 Å². The van der Waals surface area contributed by atoms with Crippen LogP contribution in [-0.2, 0) is 0 Å². The van der Waals surface area contributed by atoms with Gasteiger partial charge >= 0.3 is 0 Å². The molecule has 1 saturated carbocycles. The molecule has 1 N–H and O–H groups in total. The van der Waals surface area contributed by atoms with Crippen molar-refractivity contribution in [1.82, 2.24) is 0 Å². The number of thioether (sulfide) groups is 1. The van der Waals surface area contributed by atoms with Crippen molar-refractivity contribution in [2.45, 2.75) is 36.9 Å². The number of benzene rings is 1. The van der Waals surface area contributed by atoms with E-state index in [1.54, 1.807) is 0 Å². The van der Waals surface area contributed by atoms with E-state index in [2.05, 4.69) is 11.6 Å². The van der Waals surface area contributed by atoms with E-state index in [0.29, 0.717) is 12.2 Å². The maximum Gasteiger partial charge on any atom is 0.272 e. The van der Waals surface area contributed by atoms with E-state index in [-0.39, 0.29) is 10.4 Å². The van der Waals surface area contributed by atoms with E-state index >= 15 is 0 Å². The van der Waals surface area contributed by atoms with Crippen LogP contribution in [0.4, 0.5) is 15.8 Å². The molecule has 0 saturated heterocycles. The zero-order valence-corrected chi connectivity index (χ0v) is 12.3. The number of rotatable bonds is 5. The van der Waals surface area contributed by atoms with Gasteiger partial charge in [-0.05, 0) is 25.2 Å². The van der Waals surface area contributed by atoms with Crippen molar-refractivity contribution in [2.75, 3.05) is 18.1 Å². The number of nitro groups is 1. The van der Waals surface area contributed by atoms with Crippen molar-refractivity contribution in [3.63, 3.8) is 0 Å². The number of nitrogens with one attached hydrogen (secondary N) is 1. The summed E-state index contributed by atoms with van der Waals surface area (Å²) in [6.07, 6.45) is 8.06. The highest BCUT2D eigenvalue weighted by atomic mass is 32.2. The monoisotopic (exact) mass is 298 g/mol. The normalized spacial score (nSPS) is 17.7. The van der Waals surface area contributed by atoms with Gasteiger partial charge < -0.3 is 5.32 Å². The number of hydrogen-bond donors (Lipinski definition) is 1. The second-order valence-corrected chi connectivity index (χ2v) is 6.50. The number of anilines is 1. The molecule has 110 valence electrons. The van der Waals surface area contributed by atoms with Crippen LogP contribution in [0.15, 0.2) is 18.2 Å². The number of nitro benzene ring substituents is 1. The maximum absolute atomic E-state index is 13.8. The highest BCUT2D eigenvalue weighted by molar-refractivity contribution is 8.00. The van der Waals surface area contributed by atoms with Gasteiger partial charge in [-0.1, -0.05) is 19.3 Å². The quantitative estimate of drug-likeness (QED) is 0.653. The van der Waals surface area contributed by atoms with Crippen molar-refractivity contribution in [3.05, 3.63) is 34.1 Å². The number of hydrogen-bond acceptors (Lipinski definition) is 4. The van der Waals surface area contributed by atoms with Gasteiger partial charge in [-0.3, -0.25) is 10.1 Å². The lowest BCUT2D eigenvalue weighted by atomic mass is 9.88. The molecule has 1 aliphatic rings. The van der Waals surface area contributed by atoms with Gasteiger partial charge in [0.2, 0.25) is 0 Å². The molecule has 6 heteroatoms. The molecule has 0 amide bonds. The van der Waals surface area contributed by atoms with E-state index in [1.807, 2.05) is 11.8 Å². The van der Waals surface area contributed by atoms with E-state index in [9.17, 15) is 14.5 Å². The minimum absolute atomic E-state index is 0.159. The third kappa shape index (κ3) is 3.42. The number of non-ortho nitro benzene ring substituents is 1. The zero-order chi connectivity index (χ0) is 14.6. The van der Waals surface area contributed by atoms with Crippen LogP contribution in [0, 0.1) is 15.9 Å². The molecule has 0 aromatic heterocycles. The van der Waals surface area contributed by atoms with Crippen LogP contribution in [0.2, 0.25) is 0 Å². The molecule has 4 nitrogen and oxygen atoms in total. The topological polar surface area (TPSA) is 55.2 Å². The Morgan fingerprint density at radius 3 is 2.65 bits per heavy atom. The fourth-order valence-corrected chi connectivity index (χ4v) is 3.58. The Kier molecular flexibility index (Phi) is 4.86. The first-order valence-corrected chi connectivity index (χ1v) is 8.02. The summed E-state index contributed by atoms with van der Waals surface area (Å²) in [5.41, 5.74) is 0.125. The molecule has 1 aromatic rings. The molecule has 0 bridgehead atoms. The van der Waals surface area contributed by atoms with Crippen LogP contribution < -0.4 is 5.32 Å². The SMILES string of the molecule is CSC1(CNc2ccc([N+](=O)[O-])cc2F)CCCCC1. The first-order chi connectivity index (χ1) is 9.56.